The van der Waals surface area contributed by atoms with E-state index in [9.17, 15) is 0 Å². The lowest BCUT2D eigenvalue weighted by Gasteiger charge is -2.24. The van der Waals surface area contributed by atoms with Gasteiger partial charge in [-0.1, -0.05) is 13.8 Å². The first-order valence-corrected chi connectivity index (χ1v) is 4.97. The molecular weight excluding hydrogens is 176 g/mol. The van der Waals surface area contributed by atoms with Crippen LogP contribution in [0.3, 0.4) is 0 Å². The first-order chi connectivity index (χ1) is 5.56. The molecule has 1 fully saturated rings. The van der Waals surface area contributed by atoms with Crippen molar-refractivity contribution in [1.29, 1.82) is 0 Å². The van der Waals surface area contributed by atoms with E-state index in [1.54, 1.807) is 0 Å². The van der Waals surface area contributed by atoms with Gasteiger partial charge in [0.2, 0.25) is 0 Å². The van der Waals surface area contributed by atoms with Crippen molar-refractivity contribution < 1.29 is 9.47 Å². The highest BCUT2D eigenvalue weighted by atomic mass is 35.5. The second kappa shape index (κ2) is 3.95. The fourth-order valence-electron chi connectivity index (χ4n) is 1.61. The maximum Gasteiger partial charge on any atom is 0.166 e. The molecule has 1 aliphatic rings. The topological polar surface area (TPSA) is 18.5 Å². The van der Waals surface area contributed by atoms with Crippen LogP contribution in [0.4, 0.5) is 0 Å². The molecule has 0 spiro atoms. The summed E-state index contributed by atoms with van der Waals surface area (Å²) in [7, 11) is 0. The van der Waals surface area contributed by atoms with Crippen molar-refractivity contribution in [2.45, 2.75) is 39.1 Å². The molecule has 1 heterocycles. The third kappa shape index (κ3) is 2.61. The quantitative estimate of drug-likeness (QED) is 0.640. The number of rotatable bonds is 3. The molecule has 2 atom stereocenters. The van der Waals surface area contributed by atoms with Gasteiger partial charge < -0.3 is 9.47 Å². The van der Waals surface area contributed by atoms with E-state index in [1.165, 1.54) is 0 Å². The van der Waals surface area contributed by atoms with Gasteiger partial charge in [-0.2, -0.15) is 0 Å². The molecule has 1 saturated heterocycles. The van der Waals surface area contributed by atoms with Crippen molar-refractivity contribution >= 4 is 11.6 Å². The Bertz CT molecular complexity index is 149. The van der Waals surface area contributed by atoms with Gasteiger partial charge in [-0.3, -0.25) is 0 Å². The first kappa shape index (κ1) is 10.3. The van der Waals surface area contributed by atoms with Gasteiger partial charge in [-0.15, -0.1) is 11.6 Å². The van der Waals surface area contributed by atoms with Crippen LogP contribution in [0.5, 0.6) is 0 Å². The summed E-state index contributed by atoms with van der Waals surface area (Å²) >= 11 is 5.67. The van der Waals surface area contributed by atoms with Crippen LogP contribution in [0.2, 0.25) is 0 Å². The summed E-state index contributed by atoms with van der Waals surface area (Å²) in [6, 6.07) is 0. The average molecular weight is 193 g/mol. The van der Waals surface area contributed by atoms with E-state index >= 15 is 0 Å². The normalized spacial score (nSPS) is 36.2. The molecule has 0 unspecified atom stereocenters. The Morgan fingerprint density at radius 2 is 2.25 bits per heavy atom. The van der Waals surface area contributed by atoms with Gasteiger partial charge in [0.25, 0.3) is 0 Å². The van der Waals surface area contributed by atoms with E-state index in [2.05, 4.69) is 13.8 Å². The van der Waals surface area contributed by atoms with E-state index in [4.69, 9.17) is 21.1 Å². The van der Waals surface area contributed by atoms with Crippen LogP contribution in [-0.2, 0) is 9.47 Å². The lowest BCUT2D eigenvalue weighted by molar-refractivity contribution is -0.162. The van der Waals surface area contributed by atoms with Crippen LogP contribution in [0.15, 0.2) is 0 Å². The molecule has 0 saturated carbocycles. The van der Waals surface area contributed by atoms with Gasteiger partial charge in [0.05, 0.1) is 18.6 Å². The maximum atomic E-state index is 5.67. The van der Waals surface area contributed by atoms with Crippen LogP contribution < -0.4 is 0 Å². The molecule has 0 bridgehead atoms. The summed E-state index contributed by atoms with van der Waals surface area (Å²) in [4.78, 5) is 0. The number of ether oxygens (including phenoxy) is 2. The van der Waals surface area contributed by atoms with Crippen LogP contribution in [0.25, 0.3) is 0 Å². The van der Waals surface area contributed by atoms with Gasteiger partial charge >= 0.3 is 0 Å². The Hall–Kier alpha value is 0.210. The van der Waals surface area contributed by atoms with Gasteiger partial charge in [0.1, 0.15) is 0 Å². The third-order valence-corrected chi connectivity index (χ3v) is 2.29. The average Bonchev–Trinajstić information content (AvgIpc) is 2.30. The summed E-state index contributed by atoms with van der Waals surface area (Å²) in [5, 5.41) is 0. The number of hydrogen-bond donors (Lipinski definition) is 0. The molecule has 0 aromatic heterocycles. The van der Waals surface area contributed by atoms with Crippen LogP contribution in [0, 0.1) is 5.92 Å². The predicted octanol–water partition coefficient (Wildman–Crippen LogP) is 2.40. The number of halogens is 1. The molecule has 2 nitrogen and oxygen atoms in total. The Morgan fingerprint density at radius 1 is 1.58 bits per heavy atom. The van der Waals surface area contributed by atoms with E-state index in [0.29, 0.717) is 18.4 Å². The highest BCUT2D eigenvalue weighted by Gasteiger charge is 2.36. The number of alkyl halides is 1. The highest BCUT2D eigenvalue weighted by Crippen LogP contribution is 2.29. The van der Waals surface area contributed by atoms with E-state index in [-0.39, 0.29) is 6.10 Å². The minimum atomic E-state index is -0.395. The van der Waals surface area contributed by atoms with Crippen molar-refractivity contribution in [3.05, 3.63) is 0 Å². The van der Waals surface area contributed by atoms with Crippen molar-refractivity contribution in [2.75, 3.05) is 12.5 Å². The molecule has 0 radical (unpaired) electrons. The highest BCUT2D eigenvalue weighted by molar-refractivity contribution is 6.18. The van der Waals surface area contributed by atoms with E-state index in [0.717, 1.165) is 6.42 Å². The zero-order valence-electron chi connectivity index (χ0n) is 7.97. The van der Waals surface area contributed by atoms with Gasteiger partial charge in [0.15, 0.2) is 5.79 Å². The van der Waals surface area contributed by atoms with Crippen LogP contribution in [-0.4, -0.2) is 24.4 Å². The zero-order chi connectivity index (χ0) is 9.19. The second-order valence-electron chi connectivity index (χ2n) is 3.94. The van der Waals surface area contributed by atoms with E-state index < -0.39 is 5.79 Å². The first-order valence-electron chi connectivity index (χ1n) is 4.43. The lowest BCUT2D eigenvalue weighted by atomic mass is 10.0. The van der Waals surface area contributed by atoms with Crippen molar-refractivity contribution in [3.8, 4) is 0 Å². The monoisotopic (exact) mass is 192 g/mol. The summed E-state index contributed by atoms with van der Waals surface area (Å²) < 4.78 is 11.2. The molecule has 0 aliphatic carbocycles. The molecule has 0 N–H and O–H groups in total. The number of hydrogen-bond acceptors (Lipinski definition) is 2. The second-order valence-corrected chi connectivity index (χ2v) is 4.25. The van der Waals surface area contributed by atoms with Crippen molar-refractivity contribution in [2.24, 2.45) is 5.92 Å². The SMILES string of the molecule is CC(C)C[C@]1(C)OC[C@H](CCl)O1. The zero-order valence-corrected chi connectivity index (χ0v) is 8.73. The van der Waals surface area contributed by atoms with Crippen LogP contribution in [0.1, 0.15) is 27.2 Å². The molecule has 0 aromatic rings. The molecule has 1 aliphatic heterocycles. The summed E-state index contributed by atoms with van der Waals surface area (Å²) in [6.45, 7) is 6.93. The van der Waals surface area contributed by atoms with Gasteiger partial charge in [-0.25, -0.2) is 0 Å². The minimum absolute atomic E-state index is 0.0791. The fourth-order valence-corrected chi connectivity index (χ4v) is 1.77. The summed E-state index contributed by atoms with van der Waals surface area (Å²) in [5.74, 6) is 0.714. The van der Waals surface area contributed by atoms with Crippen LogP contribution >= 0.6 is 11.6 Å². The molecule has 0 amide bonds. The molecule has 12 heavy (non-hydrogen) atoms. The predicted molar refractivity (Wildman–Crippen MR) is 49.4 cm³/mol. The van der Waals surface area contributed by atoms with Gasteiger partial charge in [0, 0.05) is 6.42 Å². The van der Waals surface area contributed by atoms with Gasteiger partial charge in [-0.05, 0) is 12.8 Å². The Morgan fingerprint density at radius 3 is 2.67 bits per heavy atom. The summed E-state index contributed by atoms with van der Waals surface area (Å²) in [6.07, 6.45) is 1.01. The Kier molecular flexibility index (Phi) is 3.38. The fraction of sp³-hybridized carbons (Fsp3) is 1.00. The standard InChI is InChI=1S/C9H17ClO2/c1-7(2)4-9(3)11-6-8(5-10)12-9/h7-8H,4-6H2,1-3H3/t8-,9+/m0/s1. The minimum Gasteiger partial charge on any atom is -0.347 e. The maximum absolute atomic E-state index is 5.67. The van der Waals surface area contributed by atoms with E-state index in [1.807, 2.05) is 6.92 Å². The molecule has 1 rings (SSSR count). The van der Waals surface area contributed by atoms with Crippen molar-refractivity contribution in [1.82, 2.24) is 0 Å². The smallest absolute Gasteiger partial charge is 0.166 e. The lowest BCUT2D eigenvalue weighted by Crippen LogP contribution is -2.28. The molecule has 0 aromatic carbocycles. The largest absolute Gasteiger partial charge is 0.347 e. The Balaban J connectivity index is 2.41. The Labute approximate surface area is 79.2 Å². The molecular formula is C9H17ClO2. The summed E-state index contributed by atoms with van der Waals surface area (Å²) in [5.41, 5.74) is 0. The third-order valence-electron chi connectivity index (χ3n) is 1.94. The molecule has 72 valence electrons. The van der Waals surface area contributed by atoms with Crippen molar-refractivity contribution in [3.63, 3.8) is 0 Å². The molecule has 3 heteroatoms.